The zero-order valence-electron chi connectivity index (χ0n) is 9.79. The highest BCUT2D eigenvalue weighted by atomic mass is 16.5. The molecule has 0 aliphatic rings. The van der Waals surface area contributed by atoms with Crippen LogP contribution in [0.3, 0.4) is 0 Å². The van der Waals surface area contributed by atoms with E-state index in [0.717, 1.165) is 24.2 Å². The van der Waals surface area contributed by atoms with Gasteiger partial charge in [0, 0.05) is 5.56 Å². The summed E-state index contributed by atoms with van der Waals surface area (Å²) in [6.45, 7) is 6.39. The first kappa shape index (κ1) is 12.1. The largest absolute Gasteiger partial charge is 0.493 e. The van der Waals surface area contributed by atoms with Gasteiger partial charge in [-0.25, -0.2) is 0 Å². The van der Waals surface area contributed by atoms with Crippen LogP contribution >= 0.6 is 0 Å². The van der Waals surface area contributed by atoms with E-state index < -0.39 is 5.60 Å². The maximum atomic E-state index is 9.95. The van der Waals surface area contributed by atoms with Crippen molar-refractivity contribution >= 4 is 0 Å². The molecule has 0 saturated heterocycles. The number of rotatable bonds is 5. The number of ether oxygens (including phenoxy) is 1. The van der Waals surface area contributed by atoms with E-state index in [-0.39, 0.29) is 0 Å². The number of para-hydroxylation sites is 1. The smallest absolute Gasteiger partial charge is 0.125 e. The third-order valence-electron chi connectivity index (χ3n) is 2.30. The van der Waals surface area contributed by atoms with Crippen LogP contribution in [0.5, 0.6) is 5.75 Å². The van der Waals surface area contributed by atoms with Crippen LogP contribution in [0.1, 0.15) is 39.2 Å². The van der Waals surface area contributed by atoms with Crippen LogP contribution in [-0.2, 0) is 5.60 Å². The molecule has 1 aromatic rings. The van der Waals surface area contributed by atoms with Crippen LogP contribution in [0.15, 0.2) is 24.3 Å². The second-order valence-corrected chi connectivity index (χ2v) is 4.26. The van der Waals surface area contributed by atoms with Gasteiger partial charge in [0.2, 0.25) is 0 Å². The molecule has 0 aliphatic heterocycles. The molecule has 1 rings (SSSR count). The lowest BCUT2D eigenvalue weighted by atomic mass is 9.97. The van der Waals surface area contributed by atoms with E-state index in [0.29, 0.717) is 6.61 Å². The van der Waals surface area contributed by atoms with Gasteiger partial charge < -0.3 is 9.84 Å². The molecule has 0 unspecified atom stereocenters. The van der Waals surface area contributed by atoms with Crippen LogP contribution in [0.2, 0.25) is 0 Å². The second kappa shape index (κ2) is 5.17. The zero-order valence-corrected chi connectivity index (χ0v) is 9.79. The van der Waals surface area contributed by atoms with Gasteiger partial charge in [0.15, 0.2) is 0 Å². The normalized spacial score (nSPS) is 11.5. The summed E-state index contributed by atoms with van der Waals surface area (Å²) >= 11 is 0. The summed E-state index contributed by atoms with van der Waals surface area (Å²) in [6.07, 6.45) is 2.16. The van der Waals surface area contributed by atoms with Gasteiger partial charge in [0.05, 0.1) is 12.2 Å². The highest BCUT2D eigenvalue weighted by Gasteiger charge is 2.20. The van der Waals surface area contributed by atoms with Gasteiger partial charge in [0.1, 0.15) is 5.75 Å². The summed E-state index contributed by atoms with van der Waals surface area (Å²) in [7, 11) is 0. The number of unbranched alkanes of at least 4 members (excludes halogenated alkanes) is 1. The summed E-state index contributed by atoms with van der Waals surface area (Å²) in [5.41, 5.74) is 0.00381. The molecule has 84 valence electrons. The molecular weight excluding hydrogens is 188 g/mol. The molecule has 0 radical (unpaired) electrons. The van der Waals surface area contributed by atoms with E-state index in [4.69, 9.17) is 4.74 Å². The van der Waals surface area contributed by atoms with Gasteiger partial charge in [0.25, 0.3) is 0 Å². The lowest BCUT2D eigenvalue weighted by Gasteiger charge is -2.21. The minimum absolute atomic E-state index is 0.712. The Morgan fingerprint density at radius 1 is 1.27 bits per heavy atom. The van der Waals surface area contributed by atoms with Crippen LogP contribution < -0.4 is 4.74 Å². The summed E-state index contributed by atoms with van der Waals surface area (Å²) in [6, 6.07) is 7.65. The van der Waals surface area contributed by atoms with Gasteiger partial charge >= 0.3 is 0 Å². The van der Waals surface area contributed by atoms with Crippen molar-refractivity contribution in [3.8, 4) is 5.75 Å². The molecule has 2 heteroatoms. The van der Waals surface area contributed by atoms with Crippen molar-refractivity contribution in [2.75, 3.05) is 6.61 Å². The Hall–Kier alpha value is -1.02. The Morgan fingerprint density at radius 3 is 2.53 bits per heavy atom. The van der Waals surface area contributed by atoms with Crippen molar-refractivity contribution in [2.24, 2.45) is 0 Å². The lowest BCUT2D eigenvalue weighted by molar-refractivity contribution is 0.0746. The SMILES string of the molecule is CCCCOc1ccccc1C(C)(C)O. The second-order valence-electron chi connectivity index (χ2n) is 4.26. The Morgan fingerprint density at radius 2 is 1.93 bits per heavy atom. The van der Waals surface area contributed by atoms with Crippen molar-refractivity contribution in [1.29, 1.82) is 0 Å². The van der Waals surface area contributed by atoms with E-state index in [1.807, 2.05) is 24.3 Å². The fourth-order valence-electron chi connectivity index (χ4n) is 1.42. The first-order valence-electron chi connectivity index (χ1n) is 5.50. The average Bonchev–Trinajstić information content (AvgIpc) is 2.17. The Kier molecular flexibility index (Phi) is 4.15. The number of aliphatic hydroxyl groups is 1. The van der Waals surface area contributed by atoms with E-state index in [9.17, 15) is 5.11 Å². The summed E-state index contributed by atoms with van der Waals surface area (Å²) in [5.74, 6) is 0.790. The molecule has 0 saturated carbocycles. The molecule has 0 aromatic heterocycles. The average molecular weight is 208 g/mol. The molecule has 1 aromatic carbocycles. The Balaban J connectivity index is 2.78. The van der Waals surface area contributed by atoms with Crippen LogP contribution in [0.25, 0.3) is 0 Å². The molecule has 2 nitrogen and oxygen atoms in total. The predicted molar refractivity (Wildman–Crippen MR) is 62.1 cm³/mol. The first-order chi connectivity index (χ1) is 7.05. The van der Waals surface area contributed by atoms with E-state index in [1.54, 1.807) is 13.8 Å². The van der Waals surface area contributed by atoms with Gasteiger partial charge in [-0.3, -0.25) is 0 Å². The fourth-order valence-corrected chi connectivity index (χ4v) is 1.42. The van der Waals surface area contributed by atoms with Gasteiger partial charge in [-0.2, -0.15) is 0 Å². The minimum Gasteiger partial charge on any atom is -0.493 e. The minimum atomic E-state index is -0.844. The van der Waals surface area contributed by atoms with Gasteiger partial charge in [-0.05, 0) is 26.3 Å². The predicted octanol–water partition coefficient (Wildman–Crippen LogP) is 3.09. The fraction of sp³-hybridized carbons (Fsp3) is 0.538. The monoisotopic (exact) mass is 208 g/mol. The summed E-state index contributed by atoms with van der Waals surface area (Å²) in [5, 5.41) is 9.95. The summed E-state index contributed by atoms with van der Waals surface area (Å²) in [4.78, 5) is 0. The first-order valence-corrected chi connectivity index (χ1v) is 5.50. The highest BCUT2D eigenvalue weighted by Crippen LogP contribution is 2.29. The molecule has 0 heterocycles. The number of hydrogen-bond acceptors (Lipinski definition) is 2. The van der Waals surface area contributed by atoms with Crippen LogP contribution in [-0.4, -0.2) is 11.7 Å². The standard InChI is InChI=1S/C13H20O2/c1-4-5-10-15-12-9-7-6-8-11(12)13(2,3)14/h6-9,14H,4-5,10H2,1-3H3. The quantitative estimate of drug-likeness (QED) is 0.753. The Labute approximate surface area is 91.9 Å². The van der Waals surface area contributed by atoms with E-state index >= 15 is 0 Å². The molecule has 0 atom stereocenters. The van der Waals surface area contributed by atoms with Crippen molar-refractivity contribution in [1.82, 2.24) is 0 Å². The Bertz CT molecular complexity index is 300. The molecule has 0 fully saturated rings. The maximum Gasteiger partial charge on any atom is 0.125 e. The molecular formula is C13H20O2. The van der Waals surface area contributed by atoms with Crippen molar-refractivity contribution in [3.05, 3.63) is 29.8 Å². The van der Waals surface area contributed by atoms with Crippen molar-refractivity contribution in [2.45, 2.75) is 39.2 Å². The summed E-state index contributed by atoms with van der Waals surface area (Å²) < 4.78 is 5.64. The van der Waals surface area contributed by atoms with Crippen molar-refractivity contribution < 1.29 is 9.84 Å². The van der Waals surface area contributed by atoms with Crippen molar-refractivity contribution in [3.63, 3.8) is 0 Å². The molecule has 0 amide bonds. The van der Waals surface area contributed by atoms with Gasteiger partial charge in [-0.15, -0.1) is 0 Å². The topological polar surface area (TPSA) is 29.5 Å². The molecule has 0 bridgehead atoms. The molecule has 1 N–H and O–H groups in total. The van der Waals surface area contributed by atoms with Crippen LogP contribution in [0, 0.1) is 0 Å². The van der Waals surface area contributed by atoms with Crippen LogP contribution in [0.4, 0.5) is 0 Å². The van der Waals surface area contributed by atoms with E-state index in [1.165, 1.54) is 0 Å². The third-order valence-corrected chi connectivity index (χ3v) is 2.30. The van der Waals surface area contributed by atoms with Gasteiger partial charge in [-0.1, -0.05) is 31.5 Å². The zero-order chi connectivity index (χ0) is 11.3. The number of benzene rings is 1. The highest BCUT2D eigenvalue weighted by molar-refractivity contribution is 5.37. The molecule has 15 heavy (non-hydrogen) atoms. The maximum absolute atomic E-state index is 9.95. The lowest BCUT2D eigenvalue weighted by Crippen LogP contribution is -2.17. The molecule has 0 spiro atoms. The third kappa shape index (κ3) is 3.56. The number of hydrogen-bond donors (Lipinski definition) is 1. The molecule has 0 aliphatic carbocycles. The van der Waals surface area contributed by atoms with E-state index in [2.05, 4.69) is 6.92 Å².